The number of halogens is 1. The maximum atomic E-state index is 11.6. The molecule has 0 N–H and O–H groups in total. The van der Waals surface area contributed by atoms with Crippen molar-refractivity contribution in [3.05, 3.63) is 29.3 Å². The minimum absolute atomic E-state index is 0.109. The van der Waals surface area contributed by atoms with Gasteiger partial charge in [-0.2, -0.15) is 0 Å². The molecule has 116 valence electrons. The first-order chi connectivity index (χ1) is 10.0. The fourth-order valence-corrected chi connectivity index (χ4v) is 3.03. The predicted octanol–water partition coefficient (Wildman–Crippen LogP) is 2.66. The van der Waals surface area contributed by atoms with E-state index in [9.17, 15) is 4.79 Å². The highest BCUT2D eigenvalue weighted by molar-refractivity contribution is 6.33. The number of rotatable bonds is 4. The molecule has 1 aliphatic rings. The Morgan fingerprint density at radius 3 is 2.38 bits per heavy atom. The zero-order valence-corrected chi connectivity index (χ0v) is 13.6. The number of hydrogen-bond donors (Lipinski definition) is 0. The summed E-state index contributed by atoms with van der Waals surface area (Å²) in [6.07, 6.45) is 0. The van der Waals surface area contributed by atoms with E-state index in [2.05, 4.69) is 22.8 Å². The van der Waals surface area contributed by atoms with Gasteiger partial charge in [-0.1, -0.05) is 30.7 Å². The van der Waals surface area contributed by atoms with Crippen LogP contribution in [0.25, 0.3) is 0 Å². The third kappa shape index (κ3) is 3.69. The summed E-state index contributed by atoms with van der Waals surface area (Å²) in [5.74, 6) is -0.252. The fourth-order valence-electron chi connectivity index (χ4n) is 2.78. The van der Waals surface area contributed by atoms with Gasteiger partial charge in [-0.3, -0.25) is 9.69 Å². The first kappa shape index (κ1) is 16.1. The van der Waals surface area contributed by atoms with E-state index >= 15 is 0 Å². The van der Waals surface area contributed by atoms with E-state index in [0.717, 1.165) is 36.9 Å². The summed E-state index contributed by atoms with van der Waals surface area (Å²) in [6.45, 7) is 7.70. The number of piperazine rings is 1. The lowest BCUT2D eigenvalue weighted by Crippen LogP contribution is -2.52. The molecule has 0 aliphatic carbocycles. The largest absolute Gasteiger partial charge is 0.469 e. The van der Waals surface area contributed by atoms with Crippen LogP contribution in [0.4, 0.5) is 5.69 Å². The smallest absolute Gasteiger partial charge is 0.309 e. The molecule has 2 unspecified atom stereocenters. The predicted molar refractivity (Wildman–Crippen MR) is 85.9 cm³/mol. The number of methoxy groups -OCH3 is 1. The molecule has 4 nitrogen and oxygen atoms in total. The molecular formula is C16H23ClN2O2. The Labute approximate surface area is 131 Å². The van der Waals surface area contributed by atoms with Gasteiger partial charge in [-0.25, -0.2) is 0 Å². The minimum atomic E-state index is -0.143. The number of carbonyl (C=O) groups excluding carboxylic acids is 1. The van der Waals surface area contributed by atoms with Crippen molar-refractivity contribution in [3.8, 4) is 0 Å². The van der Waals surface area contributed by atoms with Crippen LogP contribution >= 0.6 is 11.6 Å². The third-order valence-corrected chi connectivity index (χ3v) is 4.70. The average Bonchev–Trinajstić information content (AvgIpc) is 2.53. The molecule has 0 amide bonds. The molecule has 0 bridgehead atoms. The monoisotopic (exact) mass is 310 g/mol. The molecule has 0 radical (unpaired) electrons. The molecule has 0 saturated carbocycles. The number of nitrogens with zero attached hydrogens (tertiary/aromatic N) is 2. The van der Waals surface area contributed by atoms with Gasteiger partial charge in [0.05, 0.1) is 23.7 Å². The van der Waals surface area contributed by atoms with Gasteiger partial charge in [0.1, 0.15) is 0 Å². The Hall–Kier alpha value is -1.26. The number of carbonyl (C=O) groups is 1. The normalized spacial score (nSPS) is 19.1. The Morgan fingerprint density at radius 2 is 1.81 bits per heavy atom. The summed E-state index contributed by atoms with van der Waals surface area (Å²) < 4.78 is 4.84. The molecule has 21 heavy (non-hydrogen) atoms. The van der Waals surface area contributed by atoms with E-state index in [-0.39, 0.29) is 17.9 Å². The third-order valence-electron chi connectivity index (χ3n) is 4.38. The second-order valence-electron chi connectivity index (χ2n) is 5.53. The van der Waals surface area contributed by atoms with Crippen LogP contribution in [-0.2, 0) is 9.53 Å². The van der Waals surface area contributed by atoms with E-state index in [0.29, 0.717) is 0 Å². The number of ether oxygens (including phenoxy) is 1. The summed E-state index contributed by atoms with van der Waals surface area (Å²) in [7, 11) is 1.45. The Kier molecular flexibility index (Phi) is 5.48. The molecule has 0 spiro atoms. The number of anilines is 1. The molecule has 0 aromatic heterocycles. The quantitative estimate of drug-likeness (QED) is 0.801. The summed E-state index contributed by atoms with van der Waals surface area (Å²) in [5.41, 5.74) is 1.09. The first-order valence-corrected chi connectivity index (χ1v) is 7.73. The molecule has 1 aromatic rings. The van der Waals surface area contributed by atoms with Crippen molar-refractivity contribution >= 4 is 23.3 Å². The number of benzene rings is 1. The van der Waals surface area contributed by atoms with Crippen LogP contribution in [-0.4, -0.2) is 50.2 Å². The number of esters is 1. The van der Waals surface area contributed by atoms with Crippen molar-refractivity contribution in [1.29, 1.82) is 0 Å². The van der Waals surface area contributed by atoms with E-state index in [1.807, 2.05) is 25.1 Å². The van der Waals surface area contributed by atoms with Crippen molar-refractivity contribution in [2.75, 3.05) is 38.2 Å². The summed E-state index contributed by atoms with van der Waals surface area (Å²) >= 11 is 6.25. The Morgan fingerprint density at radius 1 is 1.19 bits per heavy atom. The van der Waals surface area contributed by atoms with Gasteiger partial charge in [0.2, 0.25) is 0 Å². The number of hydrogen-bond acceptors (Lipinski definition) is 4. The summed E-state index contributed by atoms with van der Waals surface area (Å²) in [5, 5.41) is 0.793. The van der Waals surface area contributed by atoms with E-state index in [1.165, 1.54) is 7.11 Å². The zero-order valence-electron chi connectivity index (χ0n) is 12.9. The van der Waals surface area contributed by atoms with E-state index in [1.54, 1.807) is 0 Å². The van der Waals surface area contributed by atoms with Gasteiger partial charge < -0.3 is 9.64 Å². The molecule has 1 fully saturated rings. The highest BCUT2D eigenvalue weighted by Gasteiger charge is 2.29. The maximum absolute atomic E-state index is 11.6. The van der Waals surface area contributed by atoms with E-state index in [4.69, 9.17) is 16.3 Å². The maximum Gasteiger partial charge on any atom is 0.309 e. The average molecular weight is 311 g/mol. The molecule has 2 rings (SSSR count). The van der Waals surface area contributed by atoms with Crippen LogP contribution in [0.5, 0.6) is 0 Å². The highest BCUT2D eigenvalue weighted by Crippen LogP contribution is 2.26. The number of para-hydroxylation sites is 1. The summed E-state index contributed by atoms with van der Waals surface area (Å²) in [4.78, 5) is 16.3. The standard InChI is InChI=1S/C16H23ClN2O2/c1-12(16(20)21-3)13(2)18-8-10-19(11-9-18)15-7-5-4-6-14(15)17/h4-7,12-13H,8-11H2,1-3H3. The van der Waals surface area contributed by atoms with E-state index < -0.39 is 0 Å². The molecule has 2 atom stereocenters. The molecule has 1 saturated heterocycles. The lowest BCUT2D eigenvalue weighted by Gasteiger charge is -2.40. The van der Waals surface area contributed by atoms with Crippen LogP contribution < -0.4 is 4.90 Å². The van der Waals surface area contributed by atoms with Gasteiger partial charge >= 0.3 is 5.97 Å². The van der Waals surface area contributed by atoms with Crippen molar-refractivity contribution < 1.29 is 9.53 Å². The molecular weight excluding hydrogens is 288 g/mol. The van der Waals surface area contributed by atoms with Crippen LogP contribution in [0, 0.1) is 5.92 Å². The van der Waals surface area contributed by atoms with Gasteiger partial charge in [0, 0.05) is 32.2 Å². The molecule has 1 heterocycles. The van der Waals surface area contributed by atoms with Crippen LogP contribution in [0.3, 0.4) is 0 Å². The first-order valence-electron chi connectivity index (χ1n) is 7.36. The molecule has 1 aliphatic heterocycles. The highest BCUT2D eigenvalue weighted by atomic mass is 35.5. The molecule has 5 heteroatoms. The SMILES string of the molecule is COC(=O)C(C)C(C)N1CCN(c2ccccc2Cl)CC1. The van der Waals surface area contributed by atoms with Gasteiger partial charge in [0.25, 0.3) is 0 Å². The van der Waals surface area contributed by atoms with Crippen molar-refractivity contribution in [2.24, 2.45) is 5.92 Å². The fraction of sp³-hybridized carbons (Fsp3) is 0.562. The van der Waals surface area contributed by atoms with Crippen molar-refractivity contribution in [1.82, 2.24) is 4.90 Å². The second-order valence-corrected chi connectivity index (χ2v) is 5.93. The lowest BCUT2D eigenvalue weighted by atomic mass is 10.0. The second kappa shape index (κ2) is 7.14. The van der Waals surface area contributed by atoms with Gasteiger partial charge in [-0.05, 0) is 19.1 Å². The van der Waals surface area contributed by atoms with Gasteiger partial charge in [0.15, 0.2) is 0 Å². The van der Waals surface area contributed by atoms with Crippen LogP contribution in [0.1, 0.15) is 13.8 Å². The zero-order chi connectivity index (χ0) is 15.4. The van der Waals surface area contributed by atoms with Crippen LogP contribution in [0.15, 0.2) is 24.3 Å². The summed E-state index contributed by atoms with van der Waals surface area (Å²) in [6, 6.07) is 8.12. The lowest BCUT2D eigenvalue weighted by molar-refractivity contribution is -0.147. The van der Waals surface area contributed by atoms with Crippen LogP contribution in [0.2, 0.25) is 5.02 Å². The topological polar surface area (TPSA) is 32.8 Å². The van der Waals surface area contributed by atoms with Gasteiger partial charge in [-0.15, -0.1) is 0 Å². The Balaban J connectivity index is 1.94. The molecule has 1 aromatic carbocycles. The van der Waals surface area contributed by atoms with Crippen molar-refractivity contribution in [3.63, 3.8) is 0 Å². The van der Waals surface area contributed by atoms with Crippen molar-refractivity contribution in [2.45, 2.75) is 19.9 Å². The minimum Gasteiger partial charge on any atom is -0.469 e. The Bertz CT molecular complexity index is 487.